The first kappa shape index (κ1) is 11.1. The van der Waals surface area contributed by atoms with Crippen molar-refractivity contribution in [3.8, 4) is 0 Å². The van der Waals surface area contributed by atoms with Crippen LogP contribution in [0.1, 0.15) is 36.0 Å². The number of pyridine rings is 1. The van der Waals surface area contributed by atoms with Crippen LogP contribution < -0.4 is 11.5 Å². The Labute approximate surface area is 95.0 Å². The summed E-state index contributed by atoms with van der Waals surface area (Å²) in [5, 5.41) is 0. The predicted molar refractivity (Wildman–Crippen MR) is 62.9 cm³/mol. The van der Waals surface area contributed by atoms with E-state index in [0.717, 1.165) is 12.8 Å². The van der Waals surface area contributed by atoms with Gasteiger partial charge in [0.25, 0.3) is 0 Å². The van der Waals surface area contributed by atoms with Gasteiger partial charge in [0.15, 0.2) is 5.78 Å². The molecule has 1 aliphatic rings. The number of nitrogen functional groups attached to an aromatic ring is 1. The summed E-state index contributed by atoms with van der Waals surface area (Å²) in [5.41, 5.74) is 12.5. The summed E-state index contributed by atoms with van der Waals surface area (Å²) in [7, 11) is 0. The third kappa shape index (κ3) is 1.93. The molecule has 2 rings (SSSR count). The van der Waals surface area contributed by atoms with Crippen molar-refractivity contribution in [1.29, 1.82) is 0 Å². The maximum absolute atomic E-state index is 12.1. The molecule has 16 heavy (non-hydrogen) atoms. The highest BCUT2D eigenvalue weighted by molar-refractivity contribution is 6.00. The van der Waals surface area contributed by atoms with Gasteiger partial charge >= 0.3 is 0 Å². The number of nitrogens with two attached hydrogens (primary N) is 2. The number of hydrogen-bond acceptors (Lipinski definition) is 4. The van der Waals surface area contributed by atoms with Gasteiger partial charge < -0.3 is 11.5 Å². The van der Waals surface area contributed by atoms with Gasteiger partial charge in [0.05, 0.1) is 5.56 Å². The summed E-state index contributed by atoms with van der Waals surface area (Å²) in [6.45, 7) is 0.582. The molecule has 0 unspecified atom stereocenters. The van der Waals surface area contributed by atoms with Gasteiger partial charge in [-0.25, -0.2) is 0 Å². The molecule has 0 atom stereocenters. The fraction of sp³-hybridized carbons (Fsp3) is 0.500. The molecule has 1 aromatic rings. The summed E-state index contributed by atoms with van der Waals surface area (Å²) in [6, 6.07) is 1.66. The number of carbonyl (C=O) groups excluding carboxylic acids is 1. The lowest BCUT2D eigenvalue weighted by molar-refractivity contribution is 0.0786. The molecular formula is C12H17N3O. The van der Waals surface area contributed by atoms with Gasteiger partial charge in [-0.1, -0.05) is 6.42 Å². The number of Topliss-reactive ketones (excluding diaryl/α,β-unsaturated/α-hetero) is 1. The summed E-state index contributed by atoms with van der Waals surface area (Å²) in [5.74, 6) is 0.0655. The number of anilines is 1. The average molecular weight is 219 g/mol. The van der Waals surface area contributed by atoms with Crippen LogP contribution in [0.2, 0.25) is 0 Å². The minimum atomic E-state index is 0.0271. The zero-order chi connectivity index (χ0) is 11.6. The van der Waals surface area contributed by atoms with Gasteiger partial charge in [0.1, 0.15) is 0 Å². The number of aromatic nitrogens is 1. The van der Waals surface area contributed by atoms with Gasteiger partial charge in [-0.15, -0.1) is 0 Å². The van der Waals surface area contributed by atoms with Gasteiger partial charge in [-0.2, -0.15) is 0 Å². The number of nitrogens with zero attached hydrogens (tertiary/aromatic N) is 1. The van der Waals surface area contributed by atoms with Gasteiger partial charge in [-0.3, -0.25) is 9.78 Å². The molecular weight excluding hydrogens is 202 g/mol. The van der Waals surface area contributed by atoms with Crippen molar-refractivity contribution in [2.45, 2.75) is 25.7 Å². The number of ketones is 1. The highest BCUT2D eigenvalue weighted by Crippen LogP contribution is 2.43. The van der Waals surface area contributed by atoms with Gasteiger partial charge in [-0.05, 0) is 30.9 Å². The van der Waals surface area contributed by atoms with E-state index in [1.165, 1.54) is 6.42 Å². The zero-order valence-corrected chi connectivity index (χ0v) is 9.28. The highest BCUT2D eigenvalue weighted by atomic mass is 16.1. The monoisotopic (exact) mass is 219 g/mol. The van der Waals surface area contributed by atoms with E-state index in [9.17, 15) is 4.79 Å². The topological polar surface area (TPSA) is 82.0 Å². The lowest BCUT2D eigenvalue weighted by Crippen LogP contribution is -2.39. The maximum atomic E-state index is 12.1. The van der Waals surface area contributed by atoms with E-state index in [1.54, 1.807) is 18.5 Å². The second-order valence-corrected chi connectivity index (χ2v) is 4.62. The SMILES string of the molecule is NCC1(CC(=O)c2cnccc2N)CCC1. The lowest BCUT2D eigenvalue weighted by atomic mass is 9.65. The Morgan fingerprint density at radius 1 is 1.50 bits per heavy atom. The van der Waals surface area contributed by atoms with Crippen LogP contribution in [0.5, 0.6) is 0 Å². The Balaban J connectivity index is 2.11. The molecule has 1 aromatic heterocycles. The molecule has 0 aromatic carbocycles. The molecule has 0 radical (unpaired) electrons. The second kappa shape index (κ2) is 4.22. The Hall–Kier alpha value is -1.42. The van der Waals surface area contributed by atoms with Crippen molar-refractivity contribution in [3.63, 3.8) is 0 Å². The summed E-state index contributed by atoms with van der Waals surface area (Å²) >= 11 is 0. The average Bonchev–Trinajstić information content (AvgIpc) is 2.24. The normalized spacial score (nSPS) is 17.8. The molecule has 0 spiro atoms. The number of rotatable bonds is 4. The lowest BCUT2D eigenvalue weighted by Gasteiger charge is -2.40. The zero-order valence-electron chi connectivity index (χ0n) is 9.28. The molecule has 1 saturated carbocycles. The van der Waals surface area contributed by atoms with Crippen LogP contribution in [-0.4, -0.2) is 17.3 Å². The van der Waals surface area contributed by atoms with Crippen LogP contribution in [0.15, 0.2) is 18.5 Å². The van der Waals surface area contributed by atoms with E-state index in [1.807, 2.05) is 0 Å². The largest absolute Gasteiger partial charge is 0.398 e. The predicted octanol–water partition coefficient (Wildman–Crippen LogP) is 1.37. The van der Waals surface area contributed by atoms with Crippen LogP contribution in [0.25, 0.3) is 0 Å². The molecule has 4 N–H and O–H groups in total. The van der Waals surface area contributed by atoms with Crippen LogP contribution in [-0.2, 0) is 0 Å². The summed E-state index contributed by atoms with van der Waals surface area (Å²) in [4.78, 5) is 16.0. The molecule has 0 bridgehead atoms. The van der Waals surface area contributed by atoms with E-state index in [2.05, 4.69) is 4.98 Å². The van der Waals surface area contributed by atoms with Gasteiger partial charge in [0.2, 0.25) is 0 Å². The summed E-state index contributed by atoms with van der Waals surface area (Å²) in [6.07, 6.45) is 6.91. The molecule has 1 aliphatic carbocycles. The third-order valence-electron chi connectivity index (χ3n) is 3.54. The Kier molecular flexibility index (Phi) is 2.92. The first-order valence-electron chi connectivity index (χ1n) is 5.60. The standard InChI is InChI=1S/C12H17N3O/c13-8-12(3-1-4-12)6-11(16)9-7-15-5-2-10(9)14/h2,5,7H,1,3-4,6,8,13H2,(H2,14,15). The van der Waals surface area contributed by atoms with Crippen molar-refractivity contribution < 1.29 is 4.79 Å². The van der Waals surface area contributed by atoms with E-state index < -0.39 is 0 Å². The molecule has 0 saturated heterocycles. The molecule has 0 amide bonds. The van der Waals surface area contributed by atoms with Crippen LogP contribution in [0.3, 0.4) is 0 Å². The van der Waals surface area contributed by atoms with Crippen LogP contribution >= 0.6 is 0 Å². The Bertz CT molecular complexity index is 393. The van der Waals surface area contributed by atoms with E-state index in [0.29, 0.717) is 24.2 Å². The molecule has 1 fully saturated rings. The van der Waals surface area contributed by atoms with E-state index >= 15 is 0 Å². The first-order chi connectivity index (χ1) is 7.67. The van der Waals surface area contributed by atoms with Crippen molar-refractivity contribution >= 4 is 11.5 Å². The van der Waals surface area contributed by atoms with E-state index in [-0.39, 0.29) is 11.2 Å². The van der Waals surface area contributed by atoms with Gasteiger partial charge in [0, 0.05) is 24.5 Å². The molecule has 4 nitrogen and oxygen atoms in total. The second-order valence-electron chi connectivity index (χ2n) is 4.62. The quantitative estimate of drug-likeness (QED) is 0.749. The summed E-state index contributed by atoms with van der Waals surface area (Å²) < 4.78 is 0. The number of carbonyl (C=O) groups is 1. The highest BCUT2D eigenvalue weighted by Gasteiger charge is 2.37. The maximum Gasteiger partial charge on any atom is 0.167 e. The van der Waals surface area contributed by atoms with Crippen molar-refractivity contribution in [2.24, 2.45) is 11.1 Å². The minimum absolute atomic E-state index is 0.0271. The third-order valence-corrected chi connectivity index (χ3v) is 3.54. The Morgan fingerprint density at radius 3 is 2.75 bits per heavy atom. The van der Waals surface area contributed by atoms with Crippen molar-refractivity contribution in [3.05, 3.63) is 24.0 Å². The number of hydrogen-bond donors (Lipinski definition) is 2. The van der Waals surface area contributed by atoms with Crippen LogP contribution in [0, 0.1) is 5.41 Å². The molecule has 4 heteroatoms. The molecule has 86 valence electrons. The van der Waals surface area contributed by atoms with E-state index in [4.69, 9.17) is 11.5 Å². The van der Waals surface area contributed by atoms with Crippen LogP contribution in [0.4, 0.5) is 5.69 Å². The van der Waals surface area contributed by atoms with Crippen molar-refractivity contribution in [1.82, 2.24) is 4.98 Å². The Morgan fingerprint density at radius 2 is 2.25 bits per heavy atom. The fourth-order valence-electron chi connectivity index (χ4n) is 2.20. The fourth-order valence-corrected chi connectivity index (χ4v) is 2.20. The minimum Gasteiger partial charge on any atom is -0.398 e. The van der Waals surface area contributed by atoms with Crippen molar-refractivity contribution in [2.75, 3.05) is 12.3 Å². The molecule has 1 heterocycles. The molecule has 0 aliphatic heterocycles. The smallest absolute Gasteiger partial charge is 0.167 e. The first-order valence-corrected chi connectivity index (χ1v) is 5.60.